The van der Waals surface area contributed by atoms with Crippen molar-refractivity contribution in [2.45, 2.75) is 37.4 Å². The Balaban J connectivity index is 1.47. The summed E-state index contributed by atoms with van der Waals surface area (Å²) in [6, 6.07) is 16.8. The lowest BCUT2D eigenvalue weighted by molar-refractivity contribution is -0.139. The van der Waals surface area contributed by atoms with E-state index in [2.05, 4.69) is 20.2 Å². The highest BCUT2D eigenvalue weighted by Crippen LogP contribution is 2.39. The number of nitrogens with zero attached hydrogens (tertiary/aromatic N) is 4. The van der Waals surface area contributed by atoms with E-state index >= 15 is 0 Å². The average Bonchev–Trinajstić information content (AvgIpc) is 3.24. The third-order valence-electron chi connectivity index (χ3n) is 6.29. The van der Waals surface area contributed by atoms with Crippen LogP contribution in [0.2, 0.25) is 0 Å². The molecule has 8 heteroatoms. The van der Waals surface area contributed by atoms with Gasteiger partial charge in [-0.05, 0) is 44.6 Å². The summed E-state index contributed by atoms with van der Waals surface area (Å²) in [6.07, 6.45) is 2.97. The number of likely N-dealkylation sites (tertiary alicyclic amines) is 1. The van der Waals surface area contributed by atoms with E-state index in [9.17, 15) is 9.59 Å². The van der Waals surface area contributed by atoms with Crippen molar-refractivity contribution in [2.24, 2.45) is 5.73 Å². The lowest BCUT2D eigenvalue weighted by Gasteiger charge is -2.33. The van der Waals surface area contributed by atoms with Gasteiger partial charge in [-0.15, -0.1) is 0 Å². The normalized spacial score (nSPS) is 20.3. The SMILES string of the molecule is CN(C)[C@@H]1C[C@@H](C(N)=O)N(C(=O)CCCNc2ncnc3ccccc23)[C@H]1c1ccccc1. The van der Waals surface area contributed by atoms with Crippen molar-refractivity contribution in [1.82, 2.24) is 19.8 Å². The molecular weight excluding hydrogens is 416 g/mol. The number of carbonyl (C=O) groups excluding carboxylic acids is 2. The van der Waals surface area contributed by atoms with Gasteiger partial charge in [0.1, 0.15) is 18.2 Å². The van der Waals surface area contributed by atoms with Crippen molar-refractivity contribution in [3.05, 3.63) is 66.5 Å². The van der Waals surface area contributed by atoms with Gasteiger partial charge >= 0.3 is 0 Å². The molecule has 0 spiro atoms. The van der Waals surface area contributed by atoms with Crippen molar-refractivity contribution >= 4 is 28.5 Å². The smallest absolute Gasteiger partial charge is 0.240 e. The van der Waals surface area contributed by atoms with Crippen molar-refractivity contribution in [3.63, 3.8) is 0 Å². The maximum atomic E-state index is 13.4. The maximum absolute atomic E-state index is 13.4. The van der Waals surface area contributed by atoms with Gasteiger partial charge in [-0.1, -0.05) is 42.5 Å². The monoisotopic (exact) mass is 446 g/mol. The highest BCUT2D eigenvalue weighted by molar-refractivity contribution is 5.89. The Morgan fingerprint density at radius 2 is 1.82 bits per heavy atom. The number of rotatable bonds is 8. The van der Waals surface area contributed by atoms with Crippen molar-refractivity contribution < 1.29 is 9.59 Å². The number of para-hydroxylation sites is 1. The zero-order chi connectivity index (χ0) is 23.4. The number of carbonyl (C=O) groups is 2. The summed E-state index contributed by atoms with van der Waals surface area (Å²) < 4.78 is 0. The molecule has 3 N–H and O–H groups in total. The molecule has 2 amide bonds. The Morgan fingerprint density at radius 3 is 2.55 bits per heavy atom. The number of benzene rings is 2. The third-order valence-corrected chi connectivity index (χ3v) is 6.29. The van der Waals surface area contributed by atoms with Crippen LogP contribution in [0.3, 0.4) is 0 Å². The van der Waals surface area contributed by atoms with Gasteiger partial charge in [0.2, 0.25) is 11.8 Å². The van der Waals surface area contributed by atoms with Crippen LogP contribution in [0.25, 0.3) is 10.9 Å². The van der Waals surface area contributed by atoms with Crippen LogP contribution in [-0.2, 0) is 9.59 Å². The summed E-state index contributed by atoms with van der Waals surface area (Å²) in [4.78, 5) is 38.1. The lowest BCUT2D eigenvalue weighted by Crippen LogP contribution is -2.45. The van der Waals surface area contributed by atoms with Crippen molar-refractivity contribution in [3.8, 4) is 0 Å². The van der Waals surface area contributed by atoms with Gasteiger partial charge < -0.3 is 20.9 Å². The van der Waals surface area contributed by atoms with Crippen LogP contribution >= 0.6 is 0 Å². The van der Waals surface area contributed by atoms with Crippen LogP contribution < -0.4 is 11.1 Å². The molecule has 0 radical (unpaired) electrons. The van der Waals surface area contributed by atoms with Gasteiger partial charge in [0, 0.05) is 24.4 Å². The minimum Gasteiger partial charge on any atom is -0.369 e. The topological polar surface area (TPSA) is 104 Å². The number of fused-ring (bicyclic) bond motifs is 1. The average molecular weight is 447 g/mol. The fourth-order valence-corrected chi connectivity index (χ4v) is 4.68. The van der Waals surface area contributed by atoms with E-state index < -0.39 is 11.9 Å². The quantitative estimate of drug-likeness (QED) is 0.516. The number of amides is 2. The summed E-state index contributed by atoms with van der Waals surface area (Å²) in [5.41, 5.74) is 7.62. The first-order valence-electron chi connectivity index (χ1n) is 11.2. The second-order valence-electron chi connectivity index (χ2n) is 8.61. The number of hydrogen-bond acceptors (Lipinski definition) is 6. The zero-order valence-corrected chi connectivity index (χ0v) is 19.0. The lowest BCUT2D eigenvalue weighted by atomic mass is 9.99. The Kier molecular flexibility index (Phi) is 6.84. The predicted octanol–water partition coefficient (Wildman–Crippen LogP) is 2.58. The number of nitrogens with two attached hydrogens (primary N) is 1. The minimum absolute atomic E-state index is 0.0133. The molecule has 1 aromatic heterocycles. The minimum atomic E-state index is -0.617. The number of anilines is 1. The Labute approximate surface area is 193 Å². The molecule has 33 heavy (non-hydrogen) atoms. The molecular formula is C25H30N6O2. The van der Waals surface area contributed by atoms with Crippen molar-refractivity contribution in [2.75, 3.05) is 26.0 Å². The van der Waals surface area contributed by atoms with E-state index in [4.69, 9.17) is 5.73 Å². The molecule has 1 fully saturated rings. The van der Waals surface area contributed by atoms with E-state index in [1.807, 2.05) is 68.7 Å². The van der Waals surface area contributed by atoms with Crippen LogP contribution in [0.15, 0.2) is 60.9 Å². The predicted molar refractivity (Wildman–Crippen MR) is 128 cm³/mol. The largest absolute Gasteiger partial charge is 0.369 e. The molecule has 0 unspecified atom stereocenters. The Bertz CT molecular complexity index is 1110. The summed E-state index contributed by atoms with van der Waals surface area (Å²) >= 11 is 0. The highest BCUT2D eigenvalue weighted by Gasteiger charge is 2.47. The molecule has 1 saturated heterocycles. The summed E-state index contributed by atoms with van der Waals surface area (Å²) in [6.45, 7) is 0.578. The molecule has 4 rings (SSSR count). The molecule has 0 aliphatic carbocycles. The summed E-state index contributed by atoms with van der Waals surface area (Å²) in [5.74, 6) is 0.227. The molecule has 2 aromatic carbocycles. The first kappa shape index (κ1) is 22.7. The second kappa shape index (κ2) is 9.95. The van der Waals surface area contributed by atoms with E-state index in [1.165, 1.54) is 6.33 Å². The molecule has 172 valence electrons. The standard InChI is InChI=1S/C25H30N6O2/c1-30(2)20-15-21(24(26)33)31(23(20)17-9-4-3-5-10-17)22(32)13-8-14-27-25-18-11-6-7-12-19(18)28-16-29-25/h3-7,9-12,16,20-21,23H,8,13-15H2,1-2H3,(H2,26,33)(H,27,28,29)/t20-,21+,23+/m1/s1. The molecule has 0 bridgehead atoms. The van der Waals surface area contributed by atoms with Gasteiger partial charge in [0.15, 0.2) is 0 Å². The third kappa shape index (κ3) is 4.80. The Morgan fingerprint density at radius 1 is 1.09 bits per heavy atom. The number of primary amides is 1. The molecule has 3 atom stereocenters. The maximum Gasteiger partial charge on any atom is 0.240 e. The summed E-state index contributed by atoms with van der Waals surface area (Å²) in [5, 5.41) is 4.26. The van der Waals surface area contributed by atoms with Crippen LogP contribution in [0.4, 0.5) is 5.82 Å². The number of nitrogens with one attached hydrogen (secondary N) is 1. The number of aromatic nitrogens is 2. The molecule has 0 saturated carbocycles. The van der Waals surface area contributed by atoms with Crippen molar-refractivity contribution in [1.29, 1.82) is 0 Å². The van der Waals surface area contributed by atoms with Crippen LogP contribution in [0.1, 0.15) is 30.9 Å². The first-order valence-corrected chi connectivity index (χ1v) is 11.2. The molecule has 3 aromatic rings. The van der Waals surface area contributed by atoms with Gasteiger partial charge in [0.05, 0.1) is 11.6 Å². The fourth-order valence-electron chi connectivity index (χ4n) is 4.68. The highest BCUT2D eigenvalue weighted by atomic mass is 16.2. The van der Waals surface area contributed by atoms with Gasteiger partial charge in [-0.25, -0.2) is 9.97 Å². The zero-order valence-electron chi connectivity index (χ0n) is 19.0. The second-order valence-corrected chi connectivity index (χ2v) is 8.61. The molecule has 8 nitrogen and oxygen atoms in total. The van der Waals surface area contributed by atoms with Crippen LogP contribution in [-0.4, -0.2) is 64.3 Å². The summed E-state index contributed by atoms with van der Waals surface area (Å²) in [7, 11) is 3.95. The van der Waals surface area contributed by atoms with E-state index in [-0.39, 0.29) is 18.0 Å². The Hall–Kier alpha value is -3.52. The van der Waals surface area contributed by atoms with Gasteiger partial charge in [-0.2, -0.15) is 0 Å². The molecule has 2 heterocycles. The van der Waals surface area contributed by atoms with Gasteiger partial charge in [-0.3, -0.25) is 9.59 Å². The number of hydrogen-bond donors (Lipinski definition) is 2. The van der Waals surface area contributed by atoms with Crippen LogP contribution in [0.5, 0.6) is 0 Å². The van der Waals surface area contributed by atoms with E-state index in [0.29, 0.717) is 25.8 Å². The molecule has 1 aliphatic heterocycles. The van der Waals surface area contributed by atoms with E-state index in [1.54, 1.807) is 4.90 Å². The first-order chi connectivity index (χ1) is 16.0. The van der Waals surface area contributed by atoms with Gasteiger partial charge in [0.25, 0.3) is 0 Å². The fraction of sp³-hybridized carbons (Fsp3) is 0.360. The number of likely N-dealkylation sites (N-methyl/N-ethyl adjacent to an activating group) is 1. The van der Waals surface area contributed by atoms with E-state index in [0.717, 1.165) is 22.3 Å². The molecule has 1 aliphatic rings. The van der Waals surface area contributed by atoms with Crippen LogP contribution in [0, 0.1) is 0 Å².